The number of amides is 4. The number of pyridine rings is 1. The third kappa shape index (κ3) is 11.2. The minimum absolute atomic E-state index is 0.0413. The summed E-state index contributed by atoms with van der Waals surface area (Å²) in [7, 11) is 0. The molecule has 0 bridgehead atoms. The fourth-order valence-corrected chi connectivity index (χ4v) is 10.8. The fraction of sp³-hybridized carbons (Fsp3) is 0.392. The molecule has 0 aliphatic carbocycles. The molecule has 0 unspecified atom stereocenters. The van der Waals surface area contributed by atoms with Gasteiger partial charge in [-0.3, -0.25) is 28.7 Å². The van der Waals surface area contributed by atoms with Gasteiger partial charge in [-0.1, -0.05) is 74.8 Å². The summed E-state index contributed by atoms with van der Waals surface area (Å²) in [6.45, 7) is 14.5. The highest BCUT2D eigenvalue weighted by atomic mass is 35.5. The Labute approximate surface area is 420 Å². The SMILES string of the molecule is Cc1ncsc1-c1ccc(CNC(=O)[C@@H]2C[C@@H](O)CN2C(=O)[C@@H](NC(=O)c2cccc(CCOCCNC(=O)C[C@@H]3N=C(c4ccc(Cl)cc4)c4c(sc(C)c4C)-n4c(C)nnc43)n2)C(C)(C)C)cc1. The van der Waals surface area contributed by atoms with Gasteiger partial charge in [0.1, 0.15) is 34.6 Å². The van der Waals surface area contributed by atoms with Crippen LogP contribution in [0, 0.1) is 33.1 Å². The van der Waals surface area contributed by atoms with E-state index >= 15 is 0 Å². The average Bonchev–Trinajstić information content (AvgIpc) is 4.10. The molecule has 1 fully saturated rings. The number of nitrogens with one attached hydrogen (secondary N) is 3. The topological polar surface area (TPSA) is 206 Å². The highest BCUT2D eigenvalue weighted by Crippen LogP contribution is 2.40. The number of benzene rings is 2. The van der Waals surface area contributed by atoms with Gasteiger partial charge in [0.05, 0.1) is 47.5 Å². The first-order chi connectivity index (χ1) is 33.5. The standard InChI is InChI=1S/C51H57ClN10O6S2/c1-28-30(3)70-50-42(28)43(33-15-17-35(52)18-16-33)57-39(46-60-59-31(4)62(46)50)24-41(64)53-20-22-68-21-19-36-9-8-10-38(56-36)47(65)58-45(51(5,6)7)49(67)61-26-37(63)23-40(61)48(66)54-25-32-11-13-34(14-12-32)44-29(2)55-27-69-44/h8-18,27,37,39-40,45,63H,19-26H2,1-7H3,(H,53,64)(H,54,66)(H,58,65)/t37-,39+,40+,45-/m1/s1. The van der Waals surface area contributed by atoms with Gasteiger partial charge in [-0.05, 0) is 74.1 Å². The van der Waals surface area contributed by atoms with E-state index in [4.69, 9.17) is 21.3 Å². The van der Waals surface area contributed by atoms with E-state index in [-0.39, 0.29) is 63.2 Å². The van der Waals surface area contributed by atoms with E-state index in [1.807, 2.05) is 93.2 Å². The van der Waals surface area contributed by atoms with Crippen LogP contribution in [-0.2, 0) is 32.1 Å². The van der Waals surface area contributed by atoms with Crippen molar-refractivity contribution < 1.29 is 29.0 Å². The number of likely N-dealkylation sites (tertiary alicyclic amines) is 1. The van der Waals surface area contributed by atoms with Gasteiger partial charge in [0.25, 0.3) is 5.91 Å². The van der Waals surface area contributed by atoms with Gasteiger partial charge in [-0.15, -0.1) is 32.9 Å². The predicted octanol–water partition coefficient (Wildman–Crippen LogP) is 6.81. The fourth-order valence-electron chi connectivity index (χ4n) is 8.65. The number of hydrogen-bond donors (Lipinski definition) is 4. The van der Waals surface area contributed by atoms with Crippen molar-refractivity contribution in [1.82, 2.24) is 45.6 Å². The smallest absolute Gasteiger partial charge is 0.270 e. The minimum Gasteiger partial charge on any atom is -0.391 e. The number of nitrogens with zero attached hydrogens (tertiary/aromatic N) is 7. The quantitative estimate of drug-likeness (QED) is 0.0745. The van der Waals surface area contributed by atoms with Crippen LogP contribution >= 0.6 is 34.3 Å². The van der Waals surface area contributed by atoms with Crippen molar-refractivity contribution in [1.29, 1.82) is 0 Å². The first kappa shape index (κ1) is 50.2. The first-order valence-electron chi connectivity index (χ1n) is 23.2. The number of rotatable bonds is 16. The van der Waals surface area contributed by atoms with Crippen LogP contribution in [0.2, 0.25) is 5.02 Å². The number of fused-ring (bicyclic) bond motifs is 3. The number of carbonyl (C=O) groups is 4. The highest BCUT2D eigenvalue weighted by Gasteiger charge is 2.44. The average molecular weight is 1010 g/mol. The Bertz CT molecular complexity index is 2920. The maximum absolute atomic E-state index is 14.2. The molecule has 4 atom stereocenters. The maximum atomic E-state index is 14.2. The zero-order valence-electron chi connectivity index (χ0n) is 40.2. The predicted molar refractivity (Wildman–Crippen MR) is 271 cm³/mol. The van der Waals surface area contributed by atoms with Gasteiger partial charge in [-0.25, -0.2) is 9.97 Å². The molecule has 16 nitrogen and oxygen atoms in total. The number of carbonyl (C=O) groups excluding carboxylic acids is 4. The van der Waals surface area contributed by atoms with Crippen LogP contribution in [0.3, 0.4) is 0 Å². The molecular formula is C51H57ClN10O6S2. The van der Waals surface area contributed by atoms with Crippen molar-refractivity contribution in [3.05, 3.63) is 133 Å². The number of halogens is 1. The van der Waals surface area contributed by atoms with Gasteiger partial charge in [0.15, 0.2) is 5.82 Å². The normalized spacial score (nSPS) is 17.0. The Morgan fingerprint density at radius 3 is 2.40 bits per heavy atom. The van der Waals surface area contributed by atoms with E-state index in [9.17, 15) is 24.3 Å². The molecule has 8 rings (SSSR count). The third-order valence-corrected chi connectivity index (χ3v) is 14.9. The molecule has 366 valence electrons. The van der Waals surface area contributed by atoms with Crippen LogP contribution in [0.4, 0.5) is 0 Å². The van der Waals surface area contributed by atoms with Crippen LogP contribution in [-0.4, -0.2) is 109 Å². The molecule has 6 heterocycles. The molecule has 2 aromatic carbocycles. The number of aliphatic hydroxyl groups is 1. The molecule has 6 aromatic rings. The summed E-state index contributed by atoms with van der Waals surface area (Å²) in [5.74, 6) is -0.320. The van der Waals surface area contributed by atoms with E-state index in [0.717, 1.165) is 54.0 Å². The van der Waals surface area contributed by atoms with E-state index in [2.05, 4.69) is 50.0 Å². The molecule has 2 aliphatic rings. The molecule has 1 saturated heterocycles. The number of aliphatic imine (C=N–C) groups is 1. The van der Waals surface area contributed by atoms with Crippen LogP contribution in [0.25, 0.3) is 15.4 Å². The lowest BCUT2D eigenvalue weighted by Crippen LogP contribution is -2.57. The van der Waals surface area contributed by atoms with Crippen molar-refractivity contribution >= 4 is 63.6 Å². The number of ether oxygens (including phenoxy) is 1. The second-order valence-corrected chi connectivity index (χ2v) is 21.2. The number of thiazole rings is 1. The summed E-state index contributed by atoms with van der Waals surface area (Å²) >= 11 is 9.47. The lowest BCUT2D eigenvalue weighted by atomic mass is 9.85. The molecular weight excluding hydrogens is 948 g/mol. The molecule has 0 spiro atoms. The Morgan fingerprint density at radius 1 is 0.943 bits per heavy atom. The first-order valence-corrected chi connectivity index (χ1v) is 25.3. The number of β-amino-alcohol motifs (C(OH)–C–C–N with tert-alkyl or cyclic N) is 1. The Morgan fingerprint density at radius 2 is 1.69 bits per heavy atom. The molecule has 19 heteroatoms. The second kappa shape index (κ2) is 21.4. The summed E-state index contributed by atoms with van der Waals surface area (Å²) in [6.07, 6.45) is -0.392. The Kier molecular flexibility index (Phi) is 15.4. The van der Waals surface area contributed by atoms with Crippen LogP contribution < -0.4 is 16.0 Å². The van der Waals surface area contributed by atoms with E-state index < -0.39 is 41.5 Å². The van der Waals surface area contributed by atoms with Crippen molar-refractivity contribution in [2.45, 2.75) is 98.5 Å². The molecule has 0 saturated carbocycles. The second-order valence-electron chi connectivity index (χ2n) is 18.7. The van der Waals surface area contributed by atoms with E-state index in [1.165, 1.54) is 4.90 Å². The monoisotopic (exact) mass is 1000 g/mol. The Hall–Kier alpha value is -6.18. The molecule has 4 aromatic heterocycles. The number of aliphatic hydroxyl groups excluding tert-OH is 1. The summed E-state index contributed by atoms with van der Waals surface area (Å²) in [5.41, 5.74) is 8.41. The number of thiophene rings is 1. The van der Waals surface area contributed by atoms with Gasteiger partial charge in [-0.2, -0.15) is 0 Å². The van der Waals surface area contributed by atoms with Crippen molar-refractivity contribution in [2.24, 2.45) is 10.4 Å². The van der Waals surface area contributed by atoms with Crippen molar-refractivity contribution in [2.75, 3.05) is 26.3 Å². The lowest BCUT2D eigenvalue weighted by molar-refractivity contribution is -0.142. The van der Waals surface area contributed by atoms with Crippen LogP contribution in [0.1, 0.15) is 100 Å². The van der Waals surface area contributed by atoms with Gasteiger partial charge in [0.2, 0.25) is 17.7 Å². The van der Waals surface area contributed by atoms with E-state index in [0.29, 0.717) is 28.8 Å². The van der Waals surface area contributed by atoms with Crippen LogP contribution in [0.5, 0.6) is 0 Å². The summed E-state index contributed by atoms with van der Waals surface area (Å²) < 4.78 is 7.88. The molecule has 4 amide bonds. The van der Waals surface area contributed by atoms with Gasteiger partial charge < -0.3 is 30.7 Å². The number of aryl methyl sites for hydroxylation is 3. The zero-order valence-corrected chi connectivity index (χ0v) is 42.6. The third-order valence-electron chi connectivity index (χ3n) is 12.5. The summed E-state index contributed by atoms with van der Waals surface area (Å²) in [6, 6.07) is 17.9. The molecule has 0 radical (unpaired) electrons. The molecule has 2 aliphatic heterocycles. The summed E-state index contributed by atoms with van der Waals surface area (Å²) in [4.78, 5) is 72.7. The minimum atomic E-state index is -1.03. The van der Waals surface area contributed by atoms with Crippen molar-refractivity contribution in [3.63, 3.8) is 0 Å². The Balaban J connectivity index is 0.829. The van der Waals surface area contributed by atoms with E-state index in [1.54, 1.807) is 40.9 Å². The van der Waals surface area contributed by atoms with Gasteiger partial charge >= 0.3 is 0 Å². The highest BCUT2D eigenvalue weighted by molar-refractivity contribution is 7.15. The van der Waals surface area contributed by atoms with Crippen molar-refractivity contribution in [3.8, 4) is 15.4 Å². The zero-order chi connectivity index (χ0) is 49.9. The number of aromatic nitrogens is 5. The molecule has 4 N–H and O–H groups in total. The molecule has 70 heavy (non-hydrogen) atoms. The number of hydrogen-bond acceptors (Lipinski definition) is 13. The lowest BCUT2D eigenvalue weighted by Gasteiger charge is -2.35. The summed E-state index contributed by atoms with van der Waals surface area (Å²) in [5, 5.41) is 29.9. The van der Waals surface area contributed by atoms with Gasteiger partial charge in [0, 0.05) is 59.2 Å². The largest absolute Gasteiger partial charge is 0.391 e. The van der Waals surface area contributed by atoms with Crippen LogP contribution in [0.15, 0.2) is 77.2 Å². The maximum Gasteiger partial charge on any atom is 0.270 e.